The Labute approximate surface area is 161 Å². The SMILES string of the molecule is COc1c(C(=O)O)nc(N2CCOCC2)nc1-c1ccn(-c2ccccc2)n1. The van der Waals surface area contributed by atoms with Crippen LogP contribution in [0, 0.1) is 0 Å². The molecule has 0 spiro atoms. The van der Waals surface area contributed by atoms with Crippen LogP contribution in [0.5, 0.6) is 5.75 Å². The summed E-state index contributed by atoms with van der Waals surface area (Å²) in [7, 11) is 1.40. The number of ether oxygens (including phenoxy) is 2. The lowest BCUT2D eigenvalue weighted by molar-refractivity contribution is 0.0686. The lowest BCUT2D eigenvalue weighted by Crippen LogP contribution is -2.37. The van der Waals surface area contributed by atoms with Gasteiger partial charge < -0.3 is 19.5 Å². The molecule has 3 heterocycles. The Hall–Kier alpha value is -3.46. The van der Waals surface area contributed by atoms with Crippen molar-refractivity contribution in [2.24, 2.45) is 0 Å². The van der Waals surface area contributed by atoms with Gasteiger partial charge in [-0.2, -0.15) is 5.10 Å². The lowest BCUT2D eigenvalue weighted by Gasteiger charge is -2.27. The molecule has 9 heteroatoms. The van der Waals surface area contributed by atoms with Crippen molar-refractivity contribution in [2.75, 3.05) is 38.3 Å². The molecular weight excluding hydrogens is 362 g/mol. The number of hydrogen-bond donors (Lipinski definition) is 1. The molecule has 1 fully saturated rings. The molecule has 2 aromatic heterocycles. The number of aromatic carboxylic acids is 1. The second-order valence-corrected chi connectivity index (χ2v) is 6.14. The molecular formula is C19H19N5O4. The Balaban J connectivity index is 1.81. The first-order valence-electron chi connectivity index (χ1n) is 8.81. The monoisotopic (exact) mass is 381 g/mol. The van der Waals surface area contributed by atoms with Gasteiger partial charge >= 0.3 is 5.97 Å². The Kier molecular flexibility index (Phi) is 4.90. The van der Waals surface area contributed by atoms with Crippen LogP contribution in [0.2, 0.25) is 0 Å². The fraction of sp³-hybridized carbons (Fsp3) is 0.263. The maximum atomic E-state index is 11.8. The minimum Gasteiger partial charge on any atom is -0.492 e. The van der Waals surface area contributed by atoms with Gasteiger partial charge in [0, 0.05) is 19.3 Å². The fourth-order valence-corrected chi connectivity index (χ4v) is 3.03. The molecule has 4 rings (SSSR count). The van der Waals surface area contributed by atoms with Crippen molar-refractivity contribution in [3.63, 3.8) is 0 Å². The molecule has 0 unspecified atom stereocenters. The largest absolute Gasteiger partial charge is 0.492 e. The van der Waals surface area contributed by atoms with Crippen molar-refractivity contribution < 1.29 is 19.4 Å². The lowest BCUT2D eigenvalue weighted by atomic mass is 10.2. The van der Waals surface area contributed by atoms with Crippen LogP contribution in [-0.2, 0) is 4.74 Å². The number of carboxylic acids is 1. The zero-order valence-corrected chi connectivity index (χ0v) is 15.3. The highest BCUT2D eigenvalue weighted by Gasteiger charge is 2.25. The summed E-state index contributed by atoms with van der Waals surface area (Å²) >= 11 is 0. The van der Waals surface area contributed by atoms with Gasteiger partial charge in [0.15, 0.2) is 11.4 Å². The van der Waals surface area contributed by atoms with E-state index in [0.29, 0.717) is 43.6 Å². The van der Waals surface area contributed by atoms with Crippen molar-refractivity contribution in [3.05, 3.63) is 48.3 Å². The van der Waals surface area contributed by atoms with E-state index in [4.69, 9.17) is 9.47 Å². The predicted octanol–water partition coefficient (Wildman–Crippen LogP) is 1.87. The zero-order chi connectivity index (χ0) is 19.5. The molecule has 0 bridgehead atoms. The number of carbonyl (C=O) groups is 1. The number of benzene rings is 1. The van der Waals surface area contributed by atoms with Gasteiger partial charge in [-0.1, -0.05) is 18.2 Å². The summed E-state index contributed by atoms with van der Waals surface area (Å²) in [5.74, 6) is -0.772. The average Bonchev–Trinajstić information content (AvgIpc) is 3.24. The van der Waals surface area contributed by atoms with Gasteiger partial charge in [-0.15, -0.1) is 0 Å². The summed E-state index contributed by atoms with van der Waals surface area (Å²) in [4.78, 5) is 22.5. The predicted molar refractivity (Wildman–Crippen MR) is 101 cm³/mol. The highest BCUT2D eigenvalue weighted by Crippen LogP contribution is 2.32. The molecule has 0 atom stereocenters. The molecule has 1 N–H and O–H groups in total. The van der Waals surface area contributed by atoms with Gasteiger partial charge in [0.2, 0.25) is 5.95 Å². The summed E-state index contributed by atoms with van der Waals surface area (Å²) in [6.45, 7) is 2.25. The summed E-state index contributed by atoms with van der Waals surface area (Å²) < 4.78 is 12.4. The second-order valence-electron chi connectivity index (χ2n) is 6.14. The van der Waals surface area contributed by atoms with Crippen LogP contribution in [0.3, 0.4) is 0 Å². The van der Waals surface area contributed by atoms with Crippen LogP contribution in [-0.4, -0.2) is 64.2 Å². The first-order chi connectivity index (χ1) is 13.7. The van der Waals surface area contributed by atoms with Crippen molar-refractivity contribution in [2.45, 2.75) is 0 Å². The maximum absolute atomic E-state index is 11.8. The molecule has 3 aromatic rings. The first-order valence-corrected chi connectivity index (χ1v) is 8.81. The van der Waals surface area contributed by atoms with Crippen molar-refractivity contribution >= 4 is 11.9 Å². The molecule has 9 nitrogen and oxygen atoms in total. The van der Waals surface area contributed by atoms with E-state index in [1.54, 1.807) is 16.9 Å². The topological polar surface area (TPSA) is 103 Å². The number of anilines is 1. The third-order valence-corrected chi connectivity index (χ3v) is 4.41. The molecule has 0 aliphatic carbocycles. The van der Waals surface area contributed by atoms with Crippen LogP contribution >= 0.6 is 0 Å². The van der Waals surface area contributed by atoms with Crippen LogP contribution in [0.25, 0.3) is 17.1 Å². The quantitative estimate of drug-likeness (QED) is 0.715. The summed E-state index contributed by atoms with van der Waals surface area (Å²) in [6.07, 6.45) is 1.79. The minimum absolute atomic E-state index is 0.0859. The molecule has 28 heavy (non-hydrogen) atoms. The van der Waals surface area contributed by atoms with Crippen LogP contribution in [0.15, 0.2) is 42.6 Å². The maximum Gasteiger partial charge on any atom is 0.358 e. The minimum atomic E-state index is -1.18. The molecule has 1 saturated heterocycles. The van der Waals surface area contributed by atoms with Crippen molar-refractivity contribution in [1.29, 1.82) is 0 Å². The second kappa shape index (κ2) is 7.65. The van der Waals surface area contributed by atoms with E-state index in [2.05, 4.69) is 15.1 Å². The van der Waals surface area contributed by atoms with E-state index < -0.39 is 5.97 Å². The number of morpholine rings is 1. The molecule has 0 saturated carbocycles. The Morgan fingerprint density at radius 2 is 1.89 bits per heavy atom. The average molecular weight is 381 g/mol. The molecule has 144 valence electrons. The number of nitrogens with zero attached hydrogens (tertiary/aromatic N) is 5. The molecule has 0 amide bonds. The highest BCUT2D eigenvalue weighted by molar-refractivity contribution is 5.91. The number of rotatable bonds is 5. The normalized spacial score (nSPS) is 14.1. The van der Waals surface area contributed by atoms with Gasteiger partial charge in [-0.3, -0.25) is 0 Å². The van der Waals surface area contributed by atoms with Crippen molar-refractivity contribution in [3.8, 4) is 22.8 Å². The number of methoxy groups -OCH3 is 1. The Bertz CT molecular complexity index is 983. The number of para-hydroxylation sites is 1. The van der Waals surface area contributed by atoms with E-state index in [9.17, 15) is 9.90 Å². The number of aromatic nitrogens is 4. The molecule has 1 aliphatic heterocycles. The van der Waals surface area contributed by atoms with E-state index in [-0.39, 0.29) is 11.4 Å². The Morgan fingerprint density at radius 1 is 1.14 bits per heavy atom. The number of carboxylic acid groups (broad SMARTS) is 1. The Morgan fingerprint density at radius 3 is 2.57 bits per heavy atom. The smallest absolute Gasteiger partial charge is 0.358 e. The number of hydrogen-bond acceptors (Lipinski definition) is 7. The van der Waals surface area contributed by atoms with Crippen LogP contribution in [0.1, 0.15) is 10.5 Å². The molecule has 0 radical (unpaired) electrons. The standard InChI is InChI=1S/C19H19N5O4/c1-27-17-15(14-7-8-24(22-14)13-5-3-2-4-6-13)20-19(21-16(17)18(25)26)23-9-11-28-12-10-23/h2-8H,9-12H2,1H3,(H,25,26). The van der Waals surface area contributed by atoms with Gasteiger partial charge in [-0.25, -0.2) is 19.4 Å². The van der Waals surface area contributed by atoms with Gasteiger partial charge in [0.1, 0.15) is 11.4 Å². The fourth-order valence-electron chi connectivity index (χ4n) is 3.03. The third kappa shape index (κ3) is 3.39. The summed E-state index contributed by atoms with van der Waals surface area (Å²) in [5, 5.41) is 14.2. The van der Waals surface area contributed by atoms with Crippen LogP contribution in [0.4, 0.5) is 5.95 Å². The molecule has 1 aliphatic rings. The van der Waals surface area contributed by atoms with Gasteiger partial charge in [0.05, 0.1) is 26.0 Å². The van der Waals surface area contributed by atoms with E-state index in [1.165, 1.54) is 7.11 Å². The summed E-state index contributed by atoms with van der Waals surface area (Å²) in [5.41, 5.74) is 1.53. The van der Waals surface area contributed by atoms with Gasteiger partial charge in [0.25, 0.3) is 0 Å². The van der Waals surface area contributed by atoms with Crippen LogP contribution < -0.4 is 9.64 Å². The van der Waals surface area contributed by atoms with Crippen molar-refractivity contribution in [1.82, 2.24) is 19.7 Å². The summed E-state index contributed by atoms with van der Waals surface area (Å²) in [6, 6.07) is 11.4. The molecule has 1 aromatic carbocycles. The van der Waals surface area contributed by atoms with E-state index in [1.807, 2.05) is 35.2 Å². The van der Waals surface area contributed by atoms with Gasteiger partial charge in [-0.05, 0) is 18.2 Å². The van der Waals surface area contributed by atoms with E-state index in [0.717, 1.165) is 5.69 Å². The highest BCUT2D eigenvalue weighted by atomic mass is 16.5. The van der Waals surface area contributed by atoms with E-state index >= 15 is 0 Å². The third-order valence-electron chi connectivity index (χ3n) is 4.41. The zero-order valence-electron chi connectivity index (χ0n) is 15.3. The first kappa shape index (κ1) is 17.9.